The van der Waals surface area contributed by atoms with E-state index < -0.39 is 10.0 Å². The predicted octanol–water partition coefficient (Wildman–Crippen LogP) is 0.326. The average molecular weight is 307 g/mol. The normalized spacial score (nSPS) is 17.1. The van der Waals surface area contributed by atoms with Crippen molar-refractivity contribution >= 4 is 15.7 Å². The van der Waals surface area contributed by atoms with Crippen LogP contribution in [0.25, 0.3) is 0 Å². The molecule has 1 fully saturated rings. The van der Waals surface area contributed by atoms with Crippen LogP contribution in [0, 0.1) is 0 Å². The third-order valence-corrected chi connectivity index (χ3v) is 5.44. The lowest BCUT2D eigenvalue weighted by Gasteiger charge is -2.35. The molecule has 0 aromatic carbocycles. The van der Waals surface area contributed by atoms with Crippen LogP contribution in [0.2, 0.25) is 0 Å². The summed E-state index contributed by atoms with van der Waals surface area (Å²) in [5.41, 5.74) is 1.07. The third kappa shape index (κ3) is 2.77. The van der Waals surface area contributed by atoms with Crippen molar-refractivity contribution in [1.29, 1.82) is 0 Å². The van der Waals surface area contributed by atoms with Gasteiger partial charge in [0.15, 0.2) is 0 Å². The number of hydrogen-bond acceptors (Lipinski definition) is 5. The first-order chi connectivity index (χ1) is 10.1. The molecule has 0 amide bonds. The topological polar surface area (TPSA) is 71.3 Å². The molecule has 1 aliphatic rings. The van der Waals surface area contributed by atoms with Gasteiger partial charge >= 0.3 is 0 Å². The Bertz CT molecular complexity index is 705. The van der Waals surface area contributed by atoms with Crippen LogP contribution < -0.4 is 4.90 Å². The maximum Gasteiger partial charge on any atom is 0.246 e. The SMILES string of the molecule is Cn1cc(S(=O)(=O)N2CCN(c3ccncc3)CC2)cn1. The summed E-state index contributed by atoms with van der Waals surface area (Å²) in [5, 5.41) is 3.93. The first-order valence-corrected chi connectivity index (χ1v) is 8.15. The summed E-state index contributed by atoms with van der Waals surface area (Å²) in [4.78, 5) is 6.41. The highest BCUT2D eigenvalue weighted by atomic mass is 32.2. The van der Waals surface area contributed by atoms with E-state index >= 15 is 0 Å². The van der Waals surface area contributed by atoms with Crippen LogP contribution in [0.4, 0.5) is 5.69 Å². The van der Waals surface area contributed by atoms with E-state index in [2.05, 4.69) is 15.0 Å². The number of hydrogen-bond donors (Lipinski definition) is 0. The summed E-state index contributed by atoms with van der Waals surface area (Å²) in [6.07, 6.45) is 6.41. The summed E-state index contributed by atoms with van der Waals surface area (Å²) in [6.45, 7) is 2.28. The lowest BCUT2D eigenvalue weighted by molar-refractivity contribution is 0.385. The van der Waals surface area contributed by atoms with Crippen molar-refractivity contribution in [3.8, 4) is 0 Å². The first-order valence-electron chi connectivity index (χ1n) is 6.71. The molecule has 0 bridgehead atoms. The molecular formula is C13H17N5O2S. The second-order valence-electron chi connectivity index (χ2n) is 4.95. The van der Waals surface area contributed by atoms with Crippen molar-refractivity contribution in [2.45, 2.75) is 4.90 Å². The summed E-state index contributed by atoms with van der Waals surface area (Å²) in [5.74, 6) is 0. The lowest BCUT2D eigenvalue weighted by atomic mass is 10.3. The van der Waals surface area contributed by atoms with E-state index in [0.29, 0.717) is 26.2 Å². The third-order valence-electron chi connectivity index (χ3n) is 3.59. The summed E-state index contributed by atoms with van der Waals surface area (Å²) in [6, 6.07) is 3.87. The monoisotopic (exact) mass is 307 g/mol. The molecule has 2 aromatic rings. The Labute approximate surface area is 123 Å². The molecule has 0 spiro atoms. The van der Waals surface area contributed by atoms with Crippen molar-refractivity contribution < 1.29 is 8.42 Å². The molecule has 7 nitrogen and oxygen atoms in total. The molecule has 0 unspecified atom stereocenters. The maximum absolute atomic E-state index is 12.5. The first kappa shape index (κ1) is 14.0. The van der Waals surface area contributed by atoms with Gasteiger partial charge in [-0.1, -0.05) is 0 Å². The minimum absolute atomic E-state index is 0.252. The highest BCUT2D eigenvalue weighted by Gasteiger charge is 2.29. The molecular weight excluding hydrogens is 290 g/mol. The second-order valence-corrected chi connectivity index (χ2v) is 6.88. The second kappa shape index (κ2) is 5.45. The lowest BCUT2D eigenvalue weighted by Crippen LogP contribution is -2.48. The zero-order chi connectivity index (χ0) is 14.9. The molecule has 2 aromatic heterocycles. The van der Waals surface area contributed by atoms with Gasteiger partial charge in [0, 0.05) is 57.5 Å². The van der Waals surface area contributed by atoms with Gasteiger partial charge in [-0.3, -0.25) is 9.67 Å². The van der Waals surface area contributed by atoms with E-state index in [-0.39, 0.29) is 4.90 Å². The quantitative estimate of drug-likeness (QED) is 0.817. The molecule has 0 N–H and O–H groups in total. The van der Waals surface area contributed by atoms with Gasteiger partial charge in [0.1, 0.15) is 4.90 Å². The number of piperazine rings is 1. The van der Waals surface area contributed by atoms with Crippen molar-refractivity contribution in [3.63, 3.8) is 0 Å². The summed E-state index contributed by atoms with van der Waals surface area (Å²) >= 11 is 0. The Morgan fingerprint density at radius 1 is 1.10 bits per heavy atom. The van der Waals surface area contributed by atoms with Crippen molar-refractivity contribution in [3.05, 3.63) is 36.9 Å². The molecule has 0 radical (unpaired) electrons. The van der Waals surface area contributed by atoms with Crippen molar-refractivity contribution in [1.82, 2.24) is 19.1 Å². The van der Waals surface area contributed by atoms with E-state index in [1.165, 1.54) is 21.4 Å². The van der Waals surface area contributed by atoms with E-state index in [9.17, 15) is 8.42 Å². The molecule has 8 heteroatoms. The maximum atomic E-state index is 12.5. The molecule has 1 aliphatic heterocycles. The molecule has 3 heterocycles. The molecule has 1 saturated heterocycles. The molecule has 0 saturated carbocycles. The van der Waals surface area contributed by atoms with Gasteiger partial charge in [-0.25, -0.2) is 8.42 Å². The van der Waals surface area contributed by atoms with Crippen LogP contribution in [0.15, 0.2) is 41.8 Å². The van der Waals surface area contributed by atoms with Crippen LogP contribution in [0.3, 0.4) is 0 Å². The van der Waals surface area contributed by atoms with Crippen molar-refractivity contribution in [2.75, 3.05) is 31.1 Å². The van der Waals surface area contributed by atoms with Gasteiger partial charge in [-0.15, -0.1) is 0 Å². The number of rotatable bonds is 3. The number of pyridine rings is 1. The van der Waals surface area contributed by atoms with Crippen LogP contribution in [-0.4, -0.2) is 53.7 Å². The van der Waals surface area contributed by atoms with Crippen LogP contribution in [0.5, 0.6) is 0 Å². The minimum atomic E-state index is -3.44. The molecule has 0 aliphatic carbocycles. The smallest absolute Gasteiger partial charge is 0.246 e. The minimum Gasteiger partial charge on any atom is -0.369 e. The van der Waals surface area contributed by atoms with Gasteiger partial charge in [0.25, 0.3) is 0 Å². The zero-order valence-corrected chi connectivity index (χ0v) is 12.6. The van der Waals surface area contributed by atoms with Crippen LogP contribution >= 0.6 is 0 Å². The van der Waals surface area contributed by atoms with E-state index in [1.807, 2.05) is 12.1 Å². The number of aromatic nitrogens is 3. The zero-order valence-electron chi connectivity index (χ0n) is 11.8. The molecule has 3 rings (SSSR count). The average Bonchev–Trinajstić information content (AvgIpc) is 2.96. The highest BCUT2D eigenvalue weighted by Crippen LogP contribution is 2.20. The van der Waals surface area contributed by atoms with Gasteiger partial charge in [-0.05, 0) is 12.1 Å². The summed E-state index contributed by atoms with van der Waals surface area (Å²) in [7, 11) is -1.73. The van der Waals surface area contributed by atoms with E-state index in [0.717, 1.165) is 5.69 Å². The Balaban J connectivity index is 1.71. The van der Waals surface area contributed by atoms with Crippen molar-refractivity contribution in [2.24, 2.45) is 7.05 Å². The Morgan fingerprint density at radius 3 is 2.33 bits per heavy atom. The Kier molecular flexibility index (Phi) is 3.64. The predicted molar refractivity (Wildman–Crippen MR) is 78.4 cm³/mol. The van der Waals surface area contributed by atoms with Gasteiger partial charge in [-0.2, -0.15) is 9.40 Å². The molecule has 21 heavy (non-hydrogen) atoms. The molecule has 0 atom stereocenters. The molecule has 112 valence electrons. The summed E-state index contributed by atoms with van der Waals surface area (Å²) < 4.78 is 28.0. The van der Waals surface area contributed by atoms with Gasteiger partial charge in [0.05, 0.1) is 6.20 Å². The standard InChI is InChI=1S/C13H17N5O2S/c1-16-11-13(10-15-16)21(19,20)18-8-6-17(7-9-18)12-2-4-14-5-3-12/h2-5,10-11H,6-9H2,1H3. The number of aryl methyl sites for hydroxylation is 1. The fraction of sp³-hybridized carbons (Fsp3) is 0.385. The van der Waals surface area contributed by atoms with Crippen LogP contribution in [0.1, 0.15) is 0 Å². The fourth-order valence-electron chi connectivity index (χ4n) is 2.42. The van der Waals surface area contributed by atoms with Gasteiger partial charge < -0.3 is 4.90 Å². The van der Waals surface area contributed by atoms with Crippen LogP contribution in [-0.2, 0) is 17.1 Å². The number of sulfonamides is 1. The highest BCUT2D eigenvalue weighted by molar-refractivity contribution is 7.89. The Hall–Kier alpha value is -1.93. The number of nitrogens with zero attached hydrogens (tertiary/aromatic N) is 5. The number of anilines is 1. The Morgan fingerprint density at radius 2 is 1.76 bits per heavy atom. The van der Waals surface area contributed by atoms with Gasteiger partial charge in [0.2, 0.25) is 10.0 Å². The van der Waals surface area contributed by atoms with E-state index in [1.54, 1.807) is 19.4 Å². The largest absolute Gasteiger partial charge is 0.369 e. The fourth-order valence-corrected chi connectivity index (χ4v) is 3.83. The van der Waals surface area contributed by atoms with E-state index in [4.69, 9.17) is 0 Å².